The minimum absolute atomic E-state index is 0.0158. The zero-order valence-corrected chi connectivity index (χ0v) is 27.1. The second kappa shape index (κ2) is 15.7. The van der Waals surface area contributed by atoms with Crippen LogP contribution in [0.15, 0.2) is 138 Å². The SMILES string of the molecule is O=C(Nc1ccc(SC(C(=O)Nc2ccc(Cl)cc2Cl)c2ccccc2)cc1)/C(=C/c1ccccc1Cl)NC(=O)c1ccccc1. The van der Waals surface area contributed by atoms with Crippen LogP contribution in [-0.4, -0.2) is 17.7 Å². The molecule has 5 aromatic rings. The molecule has 3 N–H and O–H groups in total. The third kappa shape index (κ3) is 8.80. The van der Waals surface area contributed by atoms with Crippen molar-refractivity contribution in [1.29, 1.82) is 0 Å². The van der Waals surface area contributed by atoms with Crippen LogP contribution in [0.3, 0.4) is 0 Å². The molecule has 0 bridgehead atoms. The van der Waals surface area contributed by atoms with E-state index in [-0.39, 0.29) is 11.6 Å². The highest BCUT2D eigenvalue weighted by Crippen LogP contribution is 2.37. The third-order valence-corrected chi connectivity index (χ3v) is 8.79. The van der Waals surface area contributed by atoms with Crippen LogP contribution in [0.1, 0.15) is 26.7 Å². The van der Waals surface area contributed by atoms with Crippen molar-refractivity contribution in [3.8, 4) is 0 Å². The maximum absolute atomic E-state index is 13.5. The number of hydrogen-bond acceptors (Lipinski definition) is 4. The molecule has 230 valence electrons. The molecular weight excluding hydrogens is 661 g/mol. The van der Waals surface area contributed by atoms with E-state index < -0.39 is 17.1 Å². The number of rotatable bonds is 10. The van der Waals surface area contributed by atoms with Gasteiger partial charge in [-0.2, -0.15) is 0 Å². The van der Waals surface area contributed by atoms with Crippen molar-refractivity contribution in [3.63, 3.8) is 0 Å². The Morgan fingerprint density at radius 2 is 1.33 bits per heavy atom. The summed E-state index contributed by atoms with van der Waals surface area (Å²) >= 11 is 20.0. The second-order valence-corrected chi connectivity index (χ2v) is 12.3. The van der Waals surface area contributed by atoms with Gasteiger partial charge in [-0.05, 0) is 77.9 Å². The summed E-state index contributed by atoms with van der Waals surface area (Å²) in [7, 11) is 0. The molecule has 0 aliphatic rings. The zero-order valence-electron chi connectivity index (χ0n) is 24.0. The molecule has 46 heavy (non-hydrogen) atoms. The van der Waals surface area contributed by atoms with Crippen molar-refractivity contribution in [3.05, 3.63) is 165 Å². The molecule has 0 radical (unpaired) electrons. The van der Waals surface area contributed by atoms with Gasteiger partial charge in [0.25, 0.3) is 11.8 Å². The molecule has 0 spiro atoms. The Morgan fingerprint density at radius 1 is 0.674 bits per heavy atom. The van der Waals surface area contributed by atoms with Gasteiger partial charge in [-0.15, -0.1) is 11.8 Å². The smallest absolute Gasteiger partial charge is 0.272 e. The first kappa shape index (κ1) is 32.9. The Kier molecular flexibility index (Phi) is 11.2. The van der Waals surface area contributed by atoms with E-state index in [4.69, 9.17) is 34.8 Å². The van der Waals surface area contributed by atoms with Gasteiger partial charge in [0.15, 0.2) is 0 Å². The Hall–Kier alpha value is -4.53. The lowest BCUT2D eigenvalue weighted by molar-refractivity contribution is -0.116. The highest BCUT2D eigenvalue weighted by molar-refractivity contribution is 8.00. The first-order valence-electron chi connectivity index (χ1n) is 14.0. The minimum Gasteiger partial charge on any atom is -0.323 e. The van der Waals surface area contributed by atoms with E-state index in [0.717, 1.165) is 10.5 Å². The molecule has 5 aromatic carbocycles. The number of carbonyl (C=O) groups excluding carboxylic acids is 3. The van der Waals surface area contributed by atoms with Crippen molar-refractivity contribution in [1.82, 2.24) is 5.32 Å². The Labute approximate surface area is 285 Å². The predicted molar refractivity (Wildman–Crippen MR) is 189 cm³/mol. The molecule has 0 saturated carbocycles. The lowest BCUT2D eigenvalue weighted by Gasteiger charge is -2.18. The number of benzene rings is 5. The van der Waals surface area contributed by atoms with Gasteiger partial charge in [-0.3, -0.25) is 14.4 Å². The van der Waals surface area contributed by atoms with Gasteiger partial charge in [0.1, 0.15) is 10.9 Å². The number of nitrogens with one attached hydrogen (secondary N) is 3. The third-order valence-electron chi connectivity index (χ3n) is 6.63. The molecule has 3 amide bonds. The van der Waals surface area contributed by atoms with Crippen LogP contribution in [0, 0.1) is 0 Å². The number of carbonyl (C=O) groups is 3. The normalized spacial score (nSPS) is 11.8. The molecule has 5 rings (SSSR count). The van der Waals surface area contributed by atoms with Gasteiger partial charge in [0.2, 0.25) is 5.91 Å². The molecule has 0 aliphatic heterocycles. The molecule has 0 fully saturated rings. The van der Waals surface area contributed by atoms with E-state index >= 15 is 0 Å². The second-order valence-electron chi connectivity index (χ2n) is 9.90. The minimum atomic E-state index is -0.605. The maximum atomic E-state index is 13.5. The van der Waals surface area contributed by atoms with Crippen molar-refractivity contribution in [2.75, 3.05) is 10.6 Å². The molecule has 0 aliphatic carbocycles. The summed E-state index contributed by atoms with van der Waals surface area (Å²) in [6, 6.07) is 36.9. The van der Waals surface area contributed by atoms with Crippen LogP contribution in [0.5, 0.6) is 0 Å². The lowest BCUT2D eigenvalue weighted by Crippen LogP contribution is -2.30. The monoisotopic (exact) mass is 685 g/mol. The number of amides is 3. The first-order valence-corrected chi connectivity index (χ1v) is 16.0. The van der Waals surface area contributed by atoms with Crippen LogP contribution in [0.2, 0.25) is 15.1 Å². The van der Waals surface area contributed by atoms with Crippen molar-refractivity contribution >= 4 is 81.7 Å². The summed E-state index contributed by atoms with van der Waals surface area (Å²) in [6.07, 6.45) is 1.53. The molecule has 10 heteroatoms. The number of anilines is 2. The molecule has 1 unspecified atom stereocenters. The maximum Gasteiger partial charge on any atom is 0.272 e. The predicted octanol–water partition coefficient (Wildman–Crippen LogP) is 9.53. The lowest BCUT2D eigenvalue weighted by atomic mass is 10.1. The quantitative estimate of drug-likeness (QED) is 0.101. The Bertz CT molecular complexity index is 1890. The summed E-state index contributed by atoms with van der Waals surface area (Å²) in [5.41, 5.74) is 2.73. The van der Waals surface area contributed by atoms with Gasteiger partial charge in [0.05, 0.1) is 10.7 Å². The van der Waals surface area contributed by atoms with E-state index in [0.29, 0.717) is 37.6 Å². The van der Waals surface area contributed by atoms with Gasteiger partial charge in [-0.1, -0.05) is 102 Å². The van der Waals surface area contributed by atoms with Crippen LogP contribution in [0.25, 0.3) is 6.08 Å². The highest BCUT2D eigenvalue weighted by Gasteiger charge is 2.23. The molecular formula is C36H26Cl3N3O3S. The van der Waals surface area contributed by atoms with Gasteiger partial charge < -0.3 is 16.0 Å². The average molecular weight is 687 g/mol. The fourth-order valence-corrected chi connectivity index (χ4v) is 6.00. The van der Waals surface area contributed by atoms with Gasteiger partial charge in [0, 0.05) is 26.2 Å². The average Bonchev–Trinajstić information content (AvgIpc) is 3.07. The largest absolute Gasteiger partial charge is 0.323 e. The molecule has 6 nitrogen and oxygen atoms in total. The first-order chi connectivity index (χ1) is 22.3. The highest BCUT2D eigenvalue weighted by atomic mass is 35.5. The molecule has 1 atom stereocenters. The molecule has 0 aromatic heterocycles. The van der Waals surface area contributed by atoms with Crippen LogP contribution in [0.4, 0.5) is 11.4 Å². The van der Waals surface area contributed by atoms with E-state index in [1.807, 2.05) is 30.3 Å². The van der Waals surface area contributed by atoms with E-state index in [1.165, 1.54) is 17.8 Å². The summed E-state index contributed by atoms with van der Waals surface area (Å²) in [5.74, 6) is -1.24. The number of halogens is 3. The van der Waals surface area contributed by atoms with E-state index in [9.17, 15) is 14.4 Å². The summed E-state index contributed by atoms with van der Waals surface area (Å²) in [5, 5.41) is 9.07. The van der Waals surface area contributed by atoms with Crippen molar-refractivity contribution < 1.29 is 14.4 Å². The van der Waals surface area contributed by atoms with Crippen LogP contribution < -0.4 is 16.0 Å². The van der Waals surface area contributed by atoms with Crippen LogP contribution in [-0.2, 0) is 9.59 Å². The van der Waals surface area contributed by atoms with Gasteiger partial charge >= 0.3 is 0 Å². The van der Waals surface area contributed by atoms with E-state index in [2.05, 4.69) is 16.0 Å². The van der Waals surface area contributed by atoms with Crippen molar-refractivity contribution in [2.45, 2.75) is 10.1 Å². The van der Waals surface area contributed by atoms with Crippen molar-refractivity contribution in [2.24, 2.45) is 0 Å². The Balaban J connectivity index is 1.33. The van der Waals surface area contributed by atoms with Crippen LogP contribution >= 0.6 is 46.6 Å². The fourth-order valence-electron chi connectivity index (χ4n) is 4.33. The fraction of sp³-hybridized carbons (Fsp3) is 0.0278. The zero-order chi connectivity index (χ0) is 32.5. The standard InChI is InChI=1S/C36H26Cl3N3O3S/c37-26-15-20-31(30(39)22-26)41-36(45)33(23-9-3-1-4-10-23)46-28-18-16-27(17-19-28)40-35(44)32(21-25-13-7-8-14-29(25)38)42-34(43)24-11-5-2-6-12-24/h1-22,33H,(H,40,44)(H,41,45)(H,42,43)/b32-21-. The van der Waals surface area contributed by atoms with Gasteiger partial charge in [-0.25, -0.2) is 0 Å². The Morgan fingerprint density at radius 3 is 2.00 bits per heavy atom. The summed E-state index contributed by atoms with van der Waals surface area (Å²) < 4.78 is 0. The topological polar surface area (TPSA) is 87.3 Å². The van der Waals surface area contributed by atoms with E-state index in [1.54, 1.807) is 97.1 Å². The molecule has 0 heterocycles. The summed E-state index contributed by atoms with van der Waals surface area (Å²) in [4.78, 5) is 40.6. The summed E-state index contributed by atoms with van der Waals surface area (Å²) in [6.45, 7) is 0. The number of hydrogen-bond donors (Lipinski definition) is 3. The molecule has 0 saturated heterocycles. The number of thioether (sulfide) groups is 1.